The normalized spacial score (nSPS) is 25.8. The van der Waals surface area contributed by atoms with E-state index < -0.39 is 0 Å². The highest BCUT2D eigenvalue weighted by atomic mass is 16.5. The lowest BCUT2D eigenvalue weighted by atomic mass is 10.0. The molecule has 1 aromatic rings. The van der Waals surface area contributed by atoms with Gasteiger partial charge in [-0.15, -0.1) is 0 Å². The number of hydrogen-bond acceptors (Lipinski definition) is 2. The van der Waals surface area contributed by atoms with Crippen LogP contribution in [0.4, 0.5) is 0 Å². The van der Waals surface area contributed by atoms with Crippen molar-refractivity contribution in [3.05, 3.63) is 29.8 Å². The zero-order valence-corrected chi connectivity index (χ0v) is 9.15. The number of ether oxygens (including phenoxy) is 1. The number of fused-ring (bicyclic) bond motifs is 1. The van der Waals surface area contributed by atoms with Gasteiger partial charge in [-0.2, -0.15) is 0 Å². The summed E-state index contributed by atoms with van der Waals surface area (Å²) in [6.45, 7) is 5.90. The largest absolute Gasteiger partial charge is 0.488 e. The number of benzene rings is 1. The fourth-order valence-electron chi connectivity index (χ4n) is 2.62. The van der Waals surface area contributed by atoms with E-state index in [1.807, 2.05) is 6.07 Å². The van der Waals surface area contributed by atoms with Crippen molar-refractivity contribution in [1.82, 2.24) is 4.90 Å². The number of rotatable bonds is 2. The molecule has 1 unspecified atom stereocenters. The first-order valence-electron chi connectivity index (χ1n) is 5.78. The molecule has 0 aliphatic carbocycles. The van der Waals surface area contributed by atoms with Crippen LogP contribution in [0.3, 0.4) is 0 Å². The molecule has 2 nitrogen and oxygen atoms in total. The Bertz CT molecular complexity index is 332. The highest BCUT2D eigenvalue weighted by molar-refractivity contribution is 5.37. The summed E-state index contributed by atoms with van der Waals surface area (Å²) in [6.07, 6.45) is 1.47. The van der Waals surface area contributed by atoms with Gasteiger partial charge in [0.1, 0.15) is 11.9 Å². The Balaban J connectivity index is 1.59. The molecule has 15 heavy (non-hydrogen) atoms. The third-order valence-corrected chi connectivity index (χ3v) is 3.32. The Morgan fingerprint density at radius 3 is 2.87 bits per heavy atom. The monoisotopic (exact) mass is 203 g/mol. The highest BCUT2D eigenvalue weighted by Gasteiger charge is 2.29. The number of nitrogens with zero attached hydrogens (tertiary/aromatic N) is 1. The van der Waals surface area contributed by atoms with Crippen LogP contribution in [0.25, 0.3) is 0 Å². The molecule has 0 amide bonds. The predicted molar refractivity (Wildman–Crippen MR) is 60.2 cm³/mol. The van der Waals surface area contributed by atoms with Crippen molar-refractivity contribution in [3.8, 4) is 5.75 Å². The van der Waals surface area contributed by atoms with Crippen LogP contribution in [-0.4, -0.2) is 30.6 Å². The molecular weight excluding hydrogens is 186 g/mol. The minimum atomic E-state index is 0.384. The minimum absolute atomic E-state index is 0.384. The average molecular weight is 203 g/mol. The standard InChI is InChI=1S/C13H17NO/c1-10-7-14(8-10)9-12-6-11-4-2-3-5-13(11)15-12/h2-5,10,12H,6-9H2,1H3. The van der Waals surface area contributed by atoms with Crippen molar-refractivity contribution in [3.63, 3.8) is 0 Å². The van der Waals surface area contributed by atoms with E-state index in [0.717, 1.165) is 24.6 Å². The number of likely N-dealkylation sites (tertiary alicyclic amines) is 1. The molecule has 80 valence electrons. The van der Waals surface area contributed by atoms with Gasteiger partial charge in [0.25, 0.3) is 0 Å². The Hall–Kier alpha value is -1.02. The maximum Gasteiger partial charge on any atom is 0.123 e. The number of para-hydroxylation sites is 1. The van der Waals surface area contributed by atoms with Crippen LogP contribution >= 0.6 is 0 Å². The van der Waals surface area contributed by atoms with E-state index in [0.29, 0.717) is 6.10 Å². The lowest BCUT2D eigenvalue weighted by Gasteiger charge is -2.38. The van der Waals surface area contributed by atoms with E-state index >= 15 is 0 Å². The molecule has 2 aliphatic heterocycles. The zero-order chi connectivity index (χ0) is 10.3. The van der Waals surface area contributed by atoms with Gasteiger partial charge in [-0.25, -0.2) is 0 Å². The van der Waals surface area contributed by atoms with Crippen molar-refractivity contribution >= 4 is 0 Å². The van der Waals surface area contributed by atoms with Gasteiger partial charge in [0.05, 0.1) is 0 Å². The summed E-state index contributed by atoms with van der Waals surface area (Å²) >= 11 is 0. The van der Waals surface area contributed by atoms with E-state index in [9.17, 15) is 0 Å². The predicted octanol–water partition coefficient (Wildman–Crippen LogP) is 1.94. The van der Waals surface area contributed by atoms with Gasteiger partial charge < -0.3 is 4.74 Å². The van der Waals surface area contributed by atoms with Gasteiger partial charge >= 0.3 is 0 Å². The van der Waals surface area contributed by atoms with Crippen LogP contribution in [0.1, 0.15) is 12.5 Å². The van der Waals surface area contributed by atoms with Gasteiger partial charge in [0.15, 0.2) is 0 Å². The Morgan fingerprint density at radius 1 is 1.33 bits per heavy atom. The molecule has 0 bridgehead atoms. The van der Waals surface area contributed by atoms with Crippen molar-refractivity contribution in [2.24, 2.45) is 5.92 Å². The minimum Gasteiger partial charge on any atom is -0.488 e. The molecule has 2 heteroatoms. The van der Waals surface area contributed by atoms with Crippen molar-refractivity contribution < 1.29 is 4.74 Å². The fraction of sp³-hybridized carbons (Fsp3) is 0.538. The van der Waals surface area contributed by atoms with Crippen LogP contribution < -0.4 is 4.74 Å². The van der Waals surface area contributed by atoms with Crippen LogP contribution in [0.2, 0.25) is 0 Å². The first-order valence-corrected chi connectivity index (χ1v) is 5.78. The smallest absolute Gasteiger partial charge is 0.123 e. The second-order valence-corrected chi connectivity index (χ2v) is 4.88. The highest BCUT2D eigenvalue weighted by Crippen LogP contribution is 2.29. The van der Waals surface area contributed by atoms with E-state index in [1.165, 1.54) is 18.7 Å². The average Bonchev–Trinajstić information content (AvgIpc) is 2.57. The topological polar surface area (TPSA) is 12.5 Å². The fourth-order valence-corrected chi connectivity index (χ4v) is 2.62. The molecule has 3 rings (SSSR count). The molecule has 1 atom stereocenters. The summed E-state index contributed by atoms with van der Waals surface area (Å²) < 4.78 is 5.91. The summed E-state index contributed by atoms with van der Waals surface area (Å²) in [7, 11) is 0. The summed E-state index contributed by atoms with van der Waals surface area (Å²) in [6, 6.07) is 8.39. The van der Waals surface area contributed by atoms with Crippen LogP contribution in [0.15, 0.2) is 24.3 Å². The molecule has 0 N–H and O–H groups in total. The molecule has 0 spiro atoms. The molecule has 0 saturated carbocycles. The summed E-state index contributed by atoms with van der Waals surface area (Å²) in [4.78, 5) is 2.49. The second kappa shape index (κ2) is 3.53. The Labute approximate surface area is 90.8 Å². The number of hydrogen-bond donors (Lipinski definition) is 0. The van der Waals surface area contributed by atoms with Gasteiger partial charge in [-0.1, -0.05) is 25.1 Å². The summed E-state index contributed by atoms with van der Waals surface area (Å²) in [5, 5.41) is 0. The Morgan fingerprint density at radius 2 is 2.13 bits per heavy atom. The van der Waals surface area contributed by atoms with Crippen LogP contribution in [-0.2, 0) is 6.42 Å². The summed E-state index contributed by atoms with van der Waals surface area (Å²) in [5.41, 5.74) is 1.37. The first-order chi connectivity index (χ1) is 7.31. The molecule has 1 fully saturated rings. The van der Waals surface area contributed by atoms with Crippen LogP contribution in [0.5, 0.6) is 5.75 Å². The molecule has 0 radical (unpaired) electrons. The van der Waals surface area contributed by atoms with E-state index in [4.69, 9.17) is 4.74 Å². The first kappa shape index (κ1) is 9.22. The molecule has 0 aromatic heterocycles. The van der Waals surface area contributed by atoms with Gasteiger partial charge in [-0.3, -0.25) is 4.90 Å². The maximum absolute atomic E-state index is 5.91. The molecule has 1 aromatic carbocycles. The third-order valence-electron chi connectivity index (χ3n) is 3.32. The van der Waals surface area contributed by atoms with Gasteiger partial charge in [0, 0.05) is 26.1 Å². The lowest BCUT2D eigenvalue weighted by Crippen LogP contribution is -2.49. The van der Waals surface area contributed by atoms with Gasteiger partial charge in [0.2, 0.25) is 0 Å². The SMILES string of the molecule is CC1CN(CC2Cc3ccccc3O2)C1. The van der Waals surface area contributed by atoms with Crippen molar-refractivity contribution in [1.29, 1.82) is 0 Å². The van der Waals surface area contributed by atoms with E-state index in [1.54, 1.807) is 0 Å². The zero-order valence-electron chi connectivity index (χ0n) is 9.15. The van der Waals surface area contributed by atoms with Crippen molar-refractivity contribution in [2.45, 2.75) is 19.4 Å². The van der Waals surface area contributed by atoms with Crippen molar-refractivity contribution in [2.75, 3.05) is 19.6 Å². The summed E-state index contributed by atoms with van der Waals surface area (Å²) in [5.74, 6) is 1.98. The third kappa shape index (κ3) is 1.74. The van der Waals surface area contributed by atoms with E-state index in [2.05, 4.69) is 30.0 Å². The van der Waals surface area contributed by atoms with Gasteiger partial charge in [-0.05, 0) is 17.5 Å². The maximum atomic E-state index is 5.91. The van der Waals surface area contributed by atoms with Crippen LogP contribution in [0, 0.1) is 5.92 Å². The quantitative estimate of drug-likeness (QED) is 0.728. The molecular formula is C13H17NO. The molecule has 2 heterocycles. The Kier molecular flexibility index (Phi) is 2.17. The lowest BCUT2D eigenvalue weighted by molar-refractivity contribution is 0.0657. The van der Waals surface area contributed by atoms with E-state index in [-0.39, 0.29) is 0 Å². The molecule has 2 aliphatic rings. The second-order valence-electron chi connectivity index (χ2n) is 4.88. The molecule has 1 saturated heterocycles.